The maximum atomic E-state index is 10.8. The molecule has 0 aliphatic rings. The van der Waals surface area contributed by atoms with Crippen molar-refractivity contribution in [1.29, 1.82) is 0 Å². The molecule has 64 valence electrons. The van der Waals surface area contributed by atoms with Crippen molar-refractivity contribution in [2.75, 3.05) is 26.8 Å². The summed E-state index contributed by atoms with van der Waals surface area (Å²) in [6.45, 7) is 4.07. The predicted molar refractivity (Wildman–Crippen MR) is 41.3 cm³/mol. The van der Waals surface area contributed by atoms with Crippen molar-refractivity contribution in [2.24, 2.45) is 0 Å². The van der Waals surface area contributed by atoms with Crippen LogP contribution >= 0.6 is 0 Å². The second-order valence-corrected chi connectivity index (χ2v) is 1.93. The van der Waals surface area contributed by atoms with Crippen LogP contribution in [0.25, 0.3) is 0 Å². The van der Waals surface area contributed by atoms with Crippen LogP contribution in [0.2, 0.25) is 0 Å². The third-order valence-electron chi connectivity index (χ3n) is 1.15. The van der Waals surface area contributed by atoms with Crippen LogP contribution in [0, 0.1) is 0 Å². The van der Waals surface area contributed by atoms with Gasteiger partial charge >= 0.3 is 6.09 Å². The highest BCUT2D eigenvalue weighted by molar-refractivity contribution is 5.67. The van der Waals surface area contributed by atoms with Gasteiger partial charge < -0.3 is 14.7 Å². The first-order valence-electron chi connectivity index (χ1n) is 3.31. The van der Waals surface area contributed by atoms with Crippen LogP contribution in [0.5, 0.6) is 0 Å². The summed E-state index contributed by atoms with van der Waals surface area (Å²) in [6, 6.07) is 0. The number of amides is 1. The van der Waals surface area contributed by atoms with Gasteiger partial charge in [0.15, 0.2) is 0 Å². The summed E-state index contributed by atoms with van der Waals surface area (Å²) in [6.07, 6.45) is 1.13. The van der Waals surface area contributed by atoms with Gasteiger partial charge in [0.05, 0.1) is 13.7 Å². The summed E-state index contributed by atoms with van der Waals surface area (Å²) < 4.78 is 4.45. The first kappa shape index (κ1) is 9.97. The van der Waals surface area contributed by atoms with E-state index in [9.17, 15) is 4.79 Å². The molecular weight excluding hydrogens is 146 g/mol. The third-order valence-corrected chi connectivity index (χ3v) is 1.15. The molecule has 0 radical (unpaired) electrons. The Balaban J connectivity index is 3.86. The largest absolute Gasteiger partial charge is 0.453 e. The molecule has 0 unspecified atom stereocenters. The van der Waals surface area contributed by atoms with E-state index >= 15 is 0 Å². The van der Waals surface area contributed by atoms with E-state index in [0.29, 0.717) is 6.54 Å². The van der Waals surface area contributed by atoms with Crippen molar-refractivity contribution in [3.05, 3.63) is 12.7 Å². The van der Waals surface area contributed by atoms with E-state index in [0.717, 1.165) is 0 Å². The number of hydrogen-bond donors (Lipinski definition) is 1. The zero-order chi connectivity index (χ0) is 8.69. The Morgan fingerprint density at radius 2 is 2.45 bits per heavy atom. The minimum absolute atomic E-state index is 0.0665. The Morgan fingerprint density at radius 1 is 1.82 bits per heavy atom. The number of rotatable bonds is 4. The Morgan fingerprint density at radius 3 is 2.82 bits per heavy atom. The zero-order valence-electron chi connectivity index (χ0n) is 6.62. The van der Waals surface area contributed by atoms with Gasteiger partial charge in [-0.3, -0.25) is 0 Å². The van der Waals surface area contributed by atoms with Crippen LogP contribution in [0.1, 0.15) is 0 Å². The van der Waals surface area contributed by atoms with E-state index < -0.39 is 6.09 Å². The minimum Gasteiger partial charge on any atom is -0.453 e. The van der Waals surface area contributed by atoms with Crippen molar-refractivity contribution < 1.29 is 14.6 Å². The number of hydrogen-bond acceptors (Lipinski definition) is 3. The minimum atomic E-state index is -0.445. The maximum absolute atomic E-state index is 10.8. The quantitative estimate of drug-likeness (QED) is 0.597. The Bertz CT molecular complexity index is 136. The van der Waals surface area contributed by atoms with Gasteiger partial charge in [0, 0.05) is 13.1 Å². The van der Waals surface area contributed by atoms with Crippen LogP contribution in [0.15, 0.2) is 12.7 Å². The van der Waals surface area contributed by atoms with E-state index in [1.165, 1.54) is 12.0 Å². The molecule has 4 heteroatoms. The average Bonchev–Trinajstić information content (AvgIpc) is 2.03. The summed E-state index contributed by atoms with van der Waals surface area (Å²) in [7, 11) is 1.30. The molecule has 0 saturated heterocycles. The molecular formula is C7H13NO3. The standard InChI is InChI=1S/C7H13NO3/c1-3-4-8(5-6-9)7(10)11-2/h3,9H,1,4-6H2,2H3. The first-order chi connectivity index (χ1) is 5.26. The fourth-order valence-electron chi connectivity index (χ4n) is 0.663. The summed E-state index contributed by atoms with van der Waals surface area (Å²) in [5.74, 6) is 0. The van der Waals surface area contributed by atoms with Crippen LogP contribution < -0.4 is 0 Å². The molecule has 0 atom stereocenters. The van der Waals surface area contributed by atoms with E-state index in [1.807, 2.05) is 0 Å². The van der Waals surface area contributed by atoms with Crippen molar-refractivity contribution in [3.8, 4) is 0 Å². The first-order valence-corrected chi connectivity index (χ1v) is 3.31. The summed E-state index contributed by atoms with van der Waals surface area (Å²) in [4.78, 5) is 12.2. The lowest BCUT2D eigenvalue weighted by molar-refractivity contribution is 0.118. The summed E-state index contributed by atoms with van der Waals surface area (Å²) >= 11 is 0. The molecule has 0 spiro atoms. The Labute approximate surface area is 66.1 Å². The van der Waals surface area contributed by atoms with Crippen LogP contribution in [-0.2, 0) is 4.74 Å². The van der Waals surface area contributed by atoms with E-state index in [2.05, 4.69) is 11.3 Å². The van der Waals surface area contributed by atoms with E-state index in [4.69, 9.17) is 5.11 Å². The lowest BCUT2D eigenvalue weighted by atomic mass is 10.5. The average molecular weight is 159 g/mol. The van der Waals surface area contributed by atoms with Crippen molar-refractivity contribution in [1.82, 2.24) is 4.90 Å². The van der Waals surface area contributed by atoms with E-state index in [1.54, 1.807) is 6.08 Å². The lowest BCUT2D eigenvalue weighted by Gasteiger charge is -2.17. The third kappa shape index (κ3) is 3.62. The van der Waals surface area contributed by atoms with Crippen molar-refractivity contribution >= 4 is 6.09 Å². The molecule has 0 saturated carbocycles. The van der Waals surface area contributed by atoms with Gasteiger partial charge in [0.1, 0.15) is 0 Å². The van der Waals surface area contributed by atoms with Gasteiger partial charge in [0.2, 0.25) is 0 Å². The predicted octanol–water partition coefficient (Wildman–Crippen LogP) is 0.233. The highest BCUT2D eigenvalue weighted by Gasteiger charge is 2.09. The molecule has 0 heterocycles. The second-order valence-electron chi connectivity index (χ2n) is 1.93. The molecule has 0 rings (SSSR count). The number of carbonyl (C=O) groups excluding carboxylic acids is 1. The van der Waals surface area contributed by atoms with Gasteiger partial charge in [0.25, 0.3) is 0 Å². The molecule has 0 aromatic rings. The van der Waals surface area contributed by atoms with Gasteiger partial charge in [-0.1, -0.05) is 6.08 Å². The van der Waals surface area contributed by atoms with Crippen LogP contribution in [0.4, 0.5) is 4.79 Å². The van der Waals surface area contributed by atoms with Crippen molar-refractivity contribution in [2.45, 2.75) is 0 Å². The molecule has 1 N–H and O–H groups in total. The van der Waals surface area contributed by atoms with Gasteiger partial charge in [-0.05, 0) is 0 Å². The van der Waals surface area contributed by atoms with Crippen molar-refractivity contribution in [3.63, 3.8) is 0 Å². The zero-order valence-corrected chi connectivity index (χ0v) is 6.62. The molecule has 4 nitrogen and oxygen atoms in total. The van der Waals surface area contributed by atoms with E-state index in [-0.39, 0.29) is 13.2 Å². The molecule has 1 amide bonds. The number of ether oxygens (including phenoxy) is 1. The topological polar surface area (TPSA) is 49.8 Å². The molecule has 0 aliphatic heterocycles. The Kier molecular flexibility index (Phi) is 5.20. The molecule has 0 bridgehead atoms. The van der Waals surface area contributed by atoms with Crippen LogP contribution in [0.3, 0.4) is 0 Å². The maximum Gasteiger partial charge on any atom is 0.409 e. The van der Waals surface area contributed by atoms with Gasteiger partial charge in [-0.15, -0.1) is 6.58 Å². The van der Waals surface area contributed by atoms with Crippen LogP contribution in [-0.4, -0.2) is 42.9 Å². The fraction of sp³-hybridized carbons (Fsp3) is 0.571. The number of methoxy groups -OCH3 is 1. The number of nitrogens with zero attached hydrogens (tertiary/aromatic N) is 1. The summed E-state index contributed by atoms with van der Waals surface area (Å²) in [5, 5.41) is 8.52. The highest BCUT2D eigenvalue weighted by Crippen LogP contribution is 1.91. The number of aliphatic hydroxyl groups is 1. The normalized spacial score (nSPS) is 8.91. The molecule has 0 fully saturated rings. The number of carbonyl (C=O) groups is 1. The Hall–Kier alpha value is -1.03. The summed E-state index contributed by atoms with van der Waals surface area (Å²) in [5.41, 5.74) is 0. The number of aliphatic hydroxyl groups excluding tert-OH is 1. The van der Waals surface area contributed by atoms with Gasteiger partial charge in [-0.2, -0.15) is 0 Å². The molecule has 11 heavy (non-hydrogen) atoms. The SMILES string of the molecule is C=CCN(CCO)C(=O)OC. The lowest BCUT2D eigenvalue weighted by Crippen LogP contribution is -2.33. The molecule has 0 aromatic heterocycles. The smallest absolute Gasteiger partial charge is 0.409 e. The molecule has 0 aliphatic carbocycles. The second kappa shape index (κ2) is 5.73. The molecule has 0 aromatic carbocycles. The monoisotopic (exact) mass is 159 g/mol. The highest BCUT2D eigenvalue weighted by atomic mass is 16.5. The fourth-order valence-corrected chi connectivity index (χ4v) is 0.663. The van der Waals surface area contributed by atoms with Gasteiger partial charge in [-0.25, -0.2) is 4.79 Å².